The van der Waals surface area contributed by atoms with Gasteiger partial charge in [0, 0.05) is 10.8 Å². The molecule has 0 aliphatic rings. The van der Waals surface area contributed by atoms with Gasteiger partial charge in [-0.15, -0.1) is 10.2 Å². The van der Waals surface area contributed by atoms with E-state index in [1.54, 1.807) is 6.21 Å². The van der Waals surface area contributed by atoms with E-state index in [0.29, 0.717) is 16.9 Å². The summed E-state index contributed by atoms with van der Waals surface area (Å²) in [6, 6.07) is 16.0. The van der Waals surface area contributed by atoms with Crippen molar-refractivity contribution in [2.75, 3.05) is 5.43 Å². The summed E-state index contributed by atoms with van der Waals surface area (Å²) in [6.45, 7) is 4.35. The molecular weight excluding hydrogens is 308 g/mol. The van der Waals surface area contributed by atoms with Crippen LogP contribution in [-0.2, 0) is 0 Å². The molecule has 3 rings (SSSR count). The Kier molecular flexibility index (Phi) is 4.53. The minimum Gasteiger partial charge on any atom is -0.259 e. The zero-order valence-electron chi connectivity index (χ0n) is 13.0. The lowest BCUT2D eigenvalue weighted by atomic mass is 10.0. The number of nitrogens with one attached hydrogen (secondary N) is 1. The molecule has 4 nitrogen and oxygen atoms in total. The largest absolute Gasteiger partial charge is 0.259 e. The van der Waals surface area contributed by atoms with Crippen LogP contribution in [0, 0.1) is 0 Å². The molecule has 0 aliphatic heterocycles. The van der Waals surface area contributed by atoms with Crippen molar-refractivity contribution in [2.45, 2.75) is 19.8 Å². The van der Waals surface area contributed by atoms with Gasteiger partial charge >= 0.3 is 0 Å². The third-order valence-corrected chi connectivity index (χ3v) is 3.91. The number of rotatable bonds is 4. The van der Waals surface area contributed by atoms with E-state index < -0.39 is 0 Å². The molecule has 0 radical (unpaired) electrons. The quantitative estimate of drug-likeness (QED) is 0.551. The van der Waals surface area contributed by atoms with E-state index in [-0.39, 0.29) is 0 Å². The lowest BCUT2D eigenvalue weighted by Gasteiger charge is -2.05. The molecule has 0 atom stereocenters. The normalized spacial score (nSPS) is 11.5. The molecule has 23 heavy (non-hydrogen) atoms. The number of fused-ring (bicyclic) bond motifs is 1. The molecule has 0 amide bonds. The van der Waals surface area contributed by atoms with E-state index in [0.717, 1.165) is 16.3 Å². The van der Waals surface area contributed by atoms with Gasteiger partial charge in [-0.2, -0.15) is 5.10 Å². The molecule has 0 fully saturated rings. The van der Waals surface area contributed by atoms with E-state index in [9.17, 15) is 0 Å². The van der Waals surface area contributed by atoms with Gasteiger partial charge in [0.1, 0.15) is 0 Å². The third kappa shape index (κ3) is 3.48. The Morgan fingerprint density at radius 3 is 2.39 bits per heavy atom. The highest BCUT2D eigenvalue weighted by Gasteiger charge is 2.06. The standard InChI is InChI=1S/C18H17ClN4/c1-12(2)14-9-7-13(8-10-14)11-20-22-18-16-6-4-3-5-15(16)17(19)21-23-18/h3-12H,1-2H3,(H,22,23). The highest BCUT2D eigenvalue weighted by molar-refractivity contribution is 6.34. The first-order valence-corrected chi connectivity index (χ1v) is 7.83. The van der Waals surface area contributed by atoms with Crippen LogP contribution in [0.15, 0.2) is 53.6 Å². The van der Waals surface area contributed by atoms with Crippen molar-refractivity contribution in [3.8, 4) is 0 Å². The zero-order valence-corrected chi connectivity index (χ0v) is 13.7. The van der Waals surface area contributed by atoms with E-state index in [2.05, 4.69) is 46.7 Å². The van der Waals surface area contributed by atoms with Gasteiger partial charge in [-0.3, -0.25) is 5.43 Å². The fourth-order valence-electron chi connectivity index (χ4n) is 2.29. The second-order valence-electron chi connectivity index (χ2n) is 5.58. The van der Waals surface area contributed by atoms with E-state index in [1.165, 1.54) is 5.56 Å². The van der Waals surface area contributed by atoms with Crippen LogP contribution in [0.25, 0.3) is 10.8 Å². The highest BCUT2D eigenvalue weighted by atomic mass is 35.5. The number of benzene rings is 2. The predicted molar refractivity (Wildman–Crippen MR) is 96.3 cm³/mol. The van der Waals surface area contributed by atoms with Crippen LogP contribution < -0.4 is 5.43 Å². The van der Waals surface area contributed by atoms with Crippen molar-refractivity contribution in [3.63, 3.8) is 0 Å². The predicted octanol–water partition coefficient (Wildman–Crippen LogP) is 4.85. The van der Waals surface area contributed by atoms with Crippen LogP contribution >= 0.6 is 11.6 Å². The summed E-state index contributed by atoms with van der Waals surface area (Å²) >= 11 is 6.06. The Hall–Kier alpha value is -2.46. The topological polar surface area (TPSA) is 50.2 Å². The zero-order chi connectivity index (χ0) is 16.2. The van der Waals surface area contributed by atoms with Crippen molar-refractivity contribution in [2.24, 2.45) is 5.10 Å². The molecule has 2 aromatic carbocycles. The second-order valence-corrected chi connectivity index (χ2v) is 5.93. The monoisotopic (exact) mass is 324 g/mol. The molecule has 0 bridgehead atoms. The molecule has 5 heteroatoms. The van der Waals surface area contributed by atoms with Crippen LogP contribution in [0.2, 0.25) is 5.15 Å². The maximum Gasteiger partial charge on any atom is 0.176 e. The molecule has 0 unspecified atom stereocenters. The van der Waals surface area contributed by atoms with Crippen molar-refractivity contribution in [1.29, 1.82) is 0 Å². The summed E-state index contributed by atoms with van der Waals surface area (Å²) in [6.07, 6.45) is 1.76. The van der Waals surface area contributed by atoms with Crippen LogP contribution in [0.1, 0.15) is 30.9 Å². The van der Waals surface area contributed by atoms with E-state index in [1.807, 2.05) is 36.4 Å². The van der Waals surface area contributed by atoms with Gasteiger partial charge in [-0.1, -0.05) is 74.0 Å². The first-order valence-electron chi connectivity index (χ1n) is 7.45. The number of hydrogen-bond donors (Lipinski definition) is 1. The minimum atomic E-state index is 0.388. The lowest BCUT2D eigenvalue weighted by molar-refractivity contribution is 0.866. The summed E-state index contributed by atoms with van der Waals surface area (Å²) in [4.78, 5) is 0. The summed E-state index contributed by atoms with van der Waals surface area (Å²) in [7, 11) is 0. The van der Waals surface area contributed by atoms with Crippen LogP contribution in [0.5, 0.6) is 0 Å². The number of hydrogen-bond acceptors (Lipinski definition) is 4. The van der Waals surface area contributed by atoms with Crippen molar-refractivity contribution >= 4 is 34.4 Å². The average Bonchev–Trinajstić information content (AvgIpc) is 2.58. The molecule has 0 aliphatic carbocycles. The Morgan fingerprint density at radius 1 is 1.00 bits per heavy atom. The summed E-state index contributed by atoms with van der Waals surface area (Å²) < 4.78 is 0. The fraction of sp³-hybridized carbons (Fsp3) is 0.167. The molecule has 0 saturated heterocycles. The Bertz CT molecular complexity index is 841. The third-order valence-electron chi connectivity index (χ3n) is 3.63. The first kappa shape index (κ1) is 15.4. The molecule has 116 valence electrons. The van der Waals surface area contributed by atoms with Gasteiger partial charge in [0.2, 0.25) is 0 Å². The highest BCUT2D eigenvalue weighted by Crippen LogP contribution is 2.25. The van der Waals surface area contributed by atoms with Crippen molar-refractivity contribution < 1.29 is 0 Å². The second kappa shape index (κ2) is 6.75. The molecule has 0 saturated carbocycles. The fourth-order valence-corrected chi connectivity index (χ4v) is 2.49. The van der Waals surface area contributed by atoms with Crippen molar-refractivity contribution in [3.05, 3.63) is 64.8 Å². The molecule has 0 spiro atoms. The van der Waals surface area contributed by atoms with Gasteiger partial charge in [0.15, 0.2) is 11.0 Å². The summed E-state index contributed by atoms with van der Waals surface area (Å²) in [5.74, 6) is 1.11. The number of anilines is 1. The molecule has 3 aromatic rings. The Labute approximate surface area is 140 Å². The Balaban J connectivity index is 1.79. The van der Waals surface area contributed by atoms with Gasteiger partial charge < -0.3 is 0 Å². The summed E-state index contributed by atoms with van der Waals surface area (Å²) in [5, 5.41) is 14.4. The van der Waals surface area contributed by atoms with Gasteiger partial charge in [0.25, 0.3) is 0 Å². The molecular formula is C18H17ClN4. The minimum absolute atomic E-state index is 0.388. The van der Waals surface area contributed by atoms with E-state index in [4.69, 9.17) is 11.6 Å². The molecule has 1 aromatic heterocycles. The SMILES string of the molecule is CC(C)c1ccc(C=NNc2nnc(Cl)c3ccccc23)cc1. The maximum atomic E-state index is 6.06. The average molecular weight is 325 g/mol. The molecule has 1 heterocycles. The number of halogens is 1. The Morgan fingerprint density at radius 2 is 1.70 bits per heavy atom. The van der Waals surface area contributed by atoms with Crippen LogP contribution in [-0.4, -0.2) is 16.4 Å². The van der Waals surface area contributed by atoms with Gasteiger partial charge in [0.05, 0.1) is 6.21 Å². The number of hydrazone groups is 1. The van der Waals surface area contributed by atoms with Crippen LogP contribution in [0.4, 0.5) is 5.82 Å². The smallest absolute Gasteiger partial charge is 0.176 e. The van der Waals surface area contributed by atoms with Crippen molar-refractivity contribution in [1.82, 2.24) is 10.2 Å². The van der Waals surface area contributed by atoms with Gasteiger partial charge in [-0.05, 0) is 17.0 Å². The van der Waals surface area contributed by atoms with E-state index >= 15 is 0 Å². The van der Waals surface area contributed by atoms with Gasteiger partial charge in [-0.25, -0.2) is 0 Å². The number of nitrogens with zero attached hydrogens (tertiary/aromatic N) is 3. The maximum absolute atomic E-state index is 6.06. The number of aromatic nitrogens is 2. The summed E-state index contributed by atoms with van der Waals surface area (Å²) in [5.41, 5.74) is 5.27. The molecule has 1 N–H and O–H groups in total. The first-order chi connectivity index (χ1) is 11.1. The lowest BCUT2D eigenvalue weighted by Crippen LogP contribution is -1.97. The van der Waals surface area contributed by atoms with Crippen LogP contribution in [0.3, 0.4) is 0 Å².